The molecule has 0 aliphatic heterocycles. The SMILES string of the molecule is CC1(C)CCC(O)(CNC(=O)CBr)CC1. The molecule has 3 nitrogen and oxygen atoms in total. The van der Waals surface area contributed by atoms with Crippen LogP contribution in [0.5, 0.6) is 0 Å². The Bertz CT molecular complexity index is 231. The highest BCUT2D eigenvalue weighted by atomic mass is 79.9. The number of rotatable bonds is 3. The predicted octanol–water partition coefficient (Wildman–Crippen LogP) is 1.83. The van der Waals surface area contributed by atoms with Crippen molar-refractivity contribution in [1.29, 1.82) is 0 Å². The van der Waals surface area contributed by atoms with Crippen molar-refractivity contribution in [2.24, 2.45) is 5.41 Å². The minimum atomic E-state index is -0.687. The van der Waals surface area contributed by atoms with Crippen LogP contribution in [0.4, 0.5) is 0 Å². The number of alkyl halides is 1. The highest BCUT2D eigenvalue weighted by molar-refractivity contribution is 9.09. The zero-order valence-electron chi connectivity index (χ0n) is 9.48. The van der Waals surface area contributed by atoms with Crippen molar-refractivity contribution in [1.82, 2.24) is 5.32 Å². The summed E-state index contributed by atoms with van der Waals surface area (Å²) >= 11 is 3.08. The van der Waals surface area contributed by atoms with E-state index in [1.807, 2.05) is 0 Å². The summed E-state index contributed by atoms with van der Waals surface area (Å²) in [6.45, 7) is 4.83. The van der Waals surface area contributed by atoms with Crippen LogP contribution in [0.3, 0.4) is 0 Å². The summed E-state index contributed by atoms with van der Waals surface area (Å²) in [7, 11) is 0. The molecule has 0 unspecified atom stereocenters. The number of hydrogen-bond acceptors (Lipinski definition) is 2. The zero-order valence-corrected chi connectivity index (χ0v) is 11.1. The molecule has 1 amide bonds. The van der Waals surface area contributed by atoms with Gasteiger partial charge in [0, 0.05) is 6.54 Å². The lowest BCUT2D eigenvalue weighted by molar-refractivity contribution is -0.120. The number of nitrogens with one attached hydrogen (secondary N) is 1. The molecule has 1 rings (SSSR count). The summed E-state index contributed by atoms with van der Waals surface area (Å²) in [6, 6.07) is 0. The Kier molecular flexibility index (Phi) is 4.18. The molecule has 0 aromatic rings. The van der Waals surface area contributed by atoms with Crippen LogP contribution in [-0.4, -0.2) is 28.5 Å². The second-order valence-electron chi connectivity index (χ2n) is 5.30. The minimum Gasteiger partial charge on any atom is -0.388 e. The molecule has 0 bridgehead atoms. The number of aliphatic hydroxyl groups is 1. The summed E-state index contributed by atoms with van der Waals surface area (Å²) in [5.41, 5.74) is -0.348. The maximum Gasteiger partial charge on any atom is 0.230 e. The maximum atomic E-state index is 11.1. The summed E-state index contributed by atoms with van der Waals surface area (Å²) in [5, 5.41) is 13.3. The van der Waals surface area contributed by atoms with Crippen LogP contribution in [0, 0.1) is 5.41 Å². The van der Waals surface area contributed by atoms with E-state index in [-0.39, 0.29) is 5.91 Å². The first-order valence-electron chi connectivity index (χ1n) is 5.42. The Morgan fingerprint density at radius 2 is 1.87 bits per heavy atom. The van der Waals surface area contributed by atoms with Crippen LogP contribution >= 0.6 is 15.9 Å². The van der Waals surface area contributed by atoms with Crippen LogP contribution in [0.15, 0.2) is 0 Å². The standard InChI is InChI=1S/C11H20BrNO2/c1-10(2)3-5-11(15,6-4-10)8-13-9(14)7-12/h15H,3-8H2,1-2H3,(H,13,14). The molecule has 0 saturated heterocycles. The molecule has 1 aliphatic carbocycles. The predicted molar refractivity (Wildman–Crippen MR) is 64.0 cm³/mol. The molecule has 0 radical (unpaired) electrons. The Hall–Kier alpha value is -0.0900. The number of halogens is 1. The van der Waals surface area contributed by atoms with Gasteiger partial charge in [0.05, 0.1) is 10.9 Å². The van der Waals surface area contributed by atoms with E-state index in [1.165, 1.54) is 0 Å². The summed E-state index contributed by atoms with van der Waals surface area (Å²) in [5.74, 6) is -0.0618. The van der Waals surface area contributed by atoms with Gasteiger partial charge in [0.25, 0.3) is 0 Å². The average Bonchev–Trinajstić information content (AvgIpc) is 2.20. The lowest BCUT2D eigenvalue weighted by Crippen LogP contribution is -2.46. The summed E-state index contributed by atoms with van der Waals surface area (Å²) < 4.78 is 0. The highest BCUT2D eigenvalue weighted by Crippen LogP contribution is 2.39. The fraction of sp³-hybridized carbons (Fsp3) is 0.909. The quantitative estimate of drug-likeness (QED) is 0.774. The van der Waals surface area contributed by atoms with E-state index < -0.39 is 5.60 Å². The smallest absolute Gasteiger partial charge is 0.230 e. The highest BCUT2D eigenvalue weighted by Gasteiger charge is 2.36. The Labute approximate surface area is 99.8 Å². The van der Waals surface area contributed by atoms with Crippen molar-refractivity contribution in [3.05, 3.63) is 0 Å². The topological polar surface area (TPSA) is 49.3 Å². The molecule has 0 spiro atoms. The van der Waals surface area contributed by atoms with Crippen LogP contribution in [0.25, 0.3) is 0 Å². The lowest BCUT2D eigenvalue weighted by Gasteiger charge is -2.40. The van der Waals surface area contributed by atoms with Crippen LogP contribution in [-0.2, 0) is 4.79 Å². The fourth-order valence-electron chi connectivity index (χ4n) is 1.88. The van der Waals surface area contributed by atoms with E-state index in [9.17, 15) is 9.90 Å². The molecule has 2 N–H and O–H groups in total. The molecule has 0 aromatic carbocycles. The van der Waals surface area contributed by atoms with E-state index in [1.54, 1.807) is 0 Å². The van der Waals surface area contributed by atoms with Crippen molar-refractivity contribution in [3.8, 4) is 0 Å². The average molecular weight is 278 g/mol. The van der Waals surface area contributed by atoms with Gasteiger partial charge >= 0.3 is 0 Å². The van der Waals surface area contributed by atoms with Crippen molar-refractivity contribution in [2.45, 2.75) is 45.1 Å². The van der Waals surface area contributed by atoms with Crippen molar-refractivity contribution in [2.75, 3.05) is 11.9 Å². The normalized spacial score (nSPS) is 23.5. The maximum absolute atomic E-state index is 11.1. The third-order valence-electron chi connectivity index (χ3n) is 3.27. The van der Waals surface area contributed by atoms with E-state index in [0.29, 0.717) is 17.3 Å². The lowest BCUT2D eigenvalue weighted by atomic mass is 9.71. The molecule has 0 aromatic heterocycles. The van der Waals surface area contributed by atoms with Gasteiger partial charge in [-0.15, -0.1) is 0 Å². The number of hydrogen-bond donors (Lipinski definition) is 2. The molecule has 1 fully saturated rings. The van der Waals surface area contributed by atoms with Gasteiger partial charge in [0.1, 0.15) is 0 Å². The molecule has 0 heterocycles. The van der Waals surface area contributed by atoms with Gasteiger partial charge in [-0.2, -0.15) is 0 Å². The molecule has 1 saturated carbocycles. The molecule has 15 heavy (non-hydrogen) atoms. The van der Waals surface area contributed by atoms with Crippen LogP contribution in [0.2, 0.25) is 0 Å². The Balaban J connectivity index is 2.38. The van der Waals surface area contributed by atoms with Gasteiger partial charge in [-0.05, 0) is 31.1 Å². The van der Waals surface area contributed by atoms with Gasteiger partial charge in [0.15, 0.2) is 0 Å². The van der Waals surface area contributed by atoms with E-state index >= 15 is 0 Å². The fourth-order valence-corrected chi connectivity index (χ4v) is 2.08. The van der Waals surface area contributed by atoms with Gasteiger partial charge in [-0.25, -0.2) is 0 Å². The van der Waals surface area contributed by atoms with E-state index in [2.05, 4.69) is 35.1 Å². The van der Waals surface area contributed by atoms with Gasteiger partial charge in [-0.1, -0.05) is 29.8 Å². The third kappa shape index (κ3) is 4.11. The van der Waals surface area contributed by atoms with Crippen LogP contribution < -0.4 is 5.32 Å². The van der Waals surface area contributed by atoms with Crippen molar-refractivity contribution < 1.29 is 9.90 Å². The molecule has 88 valence electrons. The van der Waals surface area contributed by atoms with E-state index in [0.717, 1.165) is 25.7 Å². The largest absolute Gasteiger partial charge is 0.388 e. The summed E-state index contributed by atoms with van der Waals surface area (Å²) in [4.78, 5) is 11.1. The minimum absolute atomic E-state index is 0.0618. The second-order valence-corrected chi connectivity index (χ2v) is 5.86. The first kappa shape index (κ1) is 13.0. The van der Waals surface area contributed by atoms with Crippen molar-refractivity contribution in [3.63, 3.8) is 0 Å². The molecule has 4 heteroatoms. The first-order chi connectivity index (χ1) is 6.87. The molecule has 1 aliphatic rings. The number of carbonyl (C=O) groups excluding carboxylic acids is 1. The van der Waals surface area contributed by atoms with Gasteiger partial charge < -0.3 is 10.4 Å². The Morgan fingerprint density at radius 3 is 2.33 bits per heavy atom. The molecular weight excluding hydrogens is 258 g/mol. The first-order valence-corrected chi connectivity index (χ1v) is 6.54. The number of amides is 1. The van der Waals surface area contributed by atoms with Gasteiger partial charge in [0.2, 0.25) is 5.91 Å². The van der Waals surface area contributed by atoms with Crippen LogP contribution in [0.1, 0.15) is 39.5 Å². The summed E-state index contributed by atoms with van der Waals surface area (Å²) in [6.07, 6.45) is 3.60. The molecular formula is C11H20BrNO2. The zero-order chi connectivity index (χ0) is 11.5. The van der Waals surface area contributed by atoms with E-state index in [4.69, 9.17) is 0 Å². The Morgan fingerprint density at radius 1 is 1.33 bits per heavy atom. The van der Waals surface area contributed by atoms with Gasteiger partial charge in [-0.3, -0.25) is 4.79 Å². The molecule has 0 atom stereocenters. The van der Waals surface area contributed by atoms with Crippen molar-refractivity contribution >= 4 is 21.8 Å². The monoisotopic (exact) mass is 277 g/mol. The number of carbonyl (C=O) groups is 1. The third-order valence-corrected chi connectivity index (χ3v) is 3.78. The second kappa shape index (κ2) is 4.83.